The minimum atomic E-state index is -1.06. The van der Waals surface area contributed by atoms with Crippen molar-refractivity contribution in [1.82, 2.24) is 0 Å². The van der Waals surface area contributed by atoms with Gasteiger partial charge >= 0.3 is 5.97 Å². The molecule has 0 radical (unpaired) electrons. The van der Waals surface area contributed by atoms with E-state index in [0.717, 1.165) is 0 Å². The third-order valence-electron chi connectivity index (χ3n) is 3.17. The summed E-state index contributed by atoms with van der Waals surface area (Å²) in [4.78, 5) is 11.0. The van der Waals surface area contributed by atoms with Gasteiger partial charge in [-0.25, -0.2) is 13.6 Å². The molecule has 0 atom stereocenters. The van der Waals surface area contributed by atoms with Crippen molar-refractivity contribution in [2.75, 3.05) is 0 Å². The number of benzene rings is 2. The fraction of sp³-hybridized carbons (Fsp3) is 0.118. The van der Waals surface area contributed by atoms with E-state index < -0.39 is 23.5 Å². The molecule has 21 heavy (non-hydrogen) atoms. The Morgan fingerprint density at radius 1 is 1.05 bits per heavy atom. The van der Waals surface area contributed by atoms with Crippen LogP contribution in [-0.4, -0.2) is 11.1 Å². The number of carboxylic acids is 1. The van der Waals surface area contributed by atoms with Crippen molar-refractivity contribution in [3.8, 4) is 0 Å². The van der Waals surface area contributed by atoms with E-state index in [4.69, 9.17) is 5.11 Å². The van der Waals surface area contributed by atoms with E-state index in [2.05, 4.69) is 0 Å². The zero-order valence-electron chi connectivity index (χ0n) is 11.4. The summed E-state index contributed by atoms with van der Waals surface area (Å²) in [5, 5.41) is 9.02. The average molecular weight is 288 g/mol. The maximum absolute atomic E-state index is 13.4. The van der Waals surface area contributed by atoms with E-state index in [1.54, 1.807) is 24.3 Å². The van der Waals surface area contributed by atoms with E-state index in [0.29, 0.717) is 11.1 Å². The predicted octanol–water partition coefficient (Wildman–Crippen LogP) is 4.13. The monoisotopic (exact) mass is 288 g/mol. The summed E-state index contributed by atoms with van der Waals surface area (Å²) in [5.74, 6) is -2.43. The minimum Gasteiger partial charge on any atom is -0.478 e. The van der Waals surface area contributed by atoms with Crippen LogP contribution in [0.25, 0.3) is 0 Å². The van der Waals surface area contributed by atoms with Gasteiger partial charge in [-0.05, 0) is 42.3 Å². The number of halogens is 2. The molecule has 2 rings (SSSR count). The molecule has 0 aromatic heterocycles. The van der Waals surface area contributed by atoms with Crippen LogP contribution in [0.1, 0.15) is 24.0 Å². The van der Waals surface area contributed by atoms with Crippen LogP contribution in [0.4, 0.5) is 8.78 Å². The van der Waals surface area contributed by atoms with E-state index in [1.807, 2.05) is 0 Å². The highest BCUT2D eigenvalue weighted by Gasteiger charge is 2.15. The largest absolute Gasteiger partial charge is 0.478 e. The Morgan fingerprint density at radius 3 is 1.90 bits per heavy atom. The summed E-state index contributed by atoms with van der Waals surface area (Å²) in [5.41, 5.74) is 1.26. The van der Waals surface area contributed by atoms with Crippen molar-refractivity contribution in [2.45, 2.75) is 12.8 Å². The van der Waals surface area contributed by atoms with Crippen molar-refractivity contribution in [2.24, 2.45) is 0 Å². The molecule has 108 valence electrons. The van der Waals surface area contributed by atoms with Gasteiger partial charge in [0.2, 0.25) is 0 Å². The molecule has 4 heteroatoms. The highest BCUT2D eigenvalue weighted by atomic mass is 19.1. The van der Waals surface area contributed by atoms with Gasteiger partial charge < -0.3 is 5.11 Å². The molecule has 2 nitrogen and oxygen atoms in total. The second-order valence-electron chi connectivity index (χ2n) is 4.74. The van der Waals surface area contributed by atoms with E-state index in [-0.39, 0.29) is 5.57 Å². The molecular formula is C17H14F2O2. The fourth-order valence-corrected chi connectivity index (χ4v) is 2.11. The third kappa shape index (κ3) is 3.75. The van der Waals surface area contributed by atoms with Crippen LogP contribution < -0.4 is 0 Å². The lowest BCUT2D eigenvalue weighted by molar-refractivity contribution is -0.132. The Hall–Kier alpha value is -2.49. The Bertz CT molecular complexity index is 647. The van der Waals surface area contributed by atoms with Crippen molar-refractivity contribution in [3.63, 3.8) is 0 Å². The van der Waals surface area contributed by atoms with Crippen LogP contribution in [0.5, 0.6) is 0 Å². The molecule has 0 saturated carbocycles. The molecule has 0 amide bonds. The van der Waals surface area contributed by atoms with E-state index in [9.17, 15) is 13.6 Å². The maximum Gasteiger partial charge on any atom is 0.330 e. The maximum atomic E-state index is 13.4. The number of hydrogen-bond donors (Lipinski definition) is 1. The molecule has 0 heterocycles. The molecular weight excluding hydrogens is 274 g/mol. The summed E-state index contributed by atoms with van der Waals surface area (Å²) in [6.07, 6.45) is 1.49. The summed E-state index contributed by atoms with van der Waals surface area (Å²) >= 11 is 0. The van der Waals surface area contributed by atoms with Gasteiger partial charge in [0.1, 0.15) is 11.6 Å². The molecule has 0 saturated heterocycles. The lowest BCUT2D eigenvalue weighted by Crippen LogP contribution is -2.04. The molecule has 0 spiro atoms. The first-order chi connectivity index (χ1) is 9.97. The number of hydrogen-bond acceptors (Lipinski definition) is 1. The Labute approximate surface area is 121 Å². The SMILES string of the molecule is C/C(=C\C(c1cccc(F)c1)c1cccc(F)c1)C(=O)O. The molecule has 0 fully saturated rings. The number of aliphatic carboxylic acids is 1. The van der Waals surface area contributed by atoms with Crippen molar-refractivity contribution in [3.05, 3.63) is 82.9 Å². The number of allylic oxidation sites excluding steroid dienone is 1. The van der Waals surface area contributed by atoms with Crippen LogP contribution >= 0.6 is 0 Å². The predicted molar refractivity (Wildman–Crippen MR) is 76.0 cm³/mol. The van der Waals surface area contributed by atoms with Gasteiger partial charge in [-0.3, -0.25) is 0 Å². The van der Waals surface area contributed by atoms with Crippen LogP contribution in [0.3, 0.4) is 0 Å². The Kier molecular flexibility index (Phi) is 4.48. The number of rotatable bonds is 4. The molecule has 0 aliphatic carbocycles. The van der Waals surface area contributed by atoms with E-state index in [1.165, 1.54) is 37.3 Å². The third-order valence-corrected chi connectivity index (χ3v) is 3.17. The smallest absolute Gasteiger partial charge is 0.330 e. The van der Waals surface area contributed by atoms with Gasteiger partial charge in [-0.1, -0.05) is 30.3 Å². The fourth-order valence-electron chi connectivity index (χ4n) is 2.11. The topological polar surface area (TPSA) is 37.3 Å². The highest BCUT2D eigenvalue weighted by molar-refractivity contribution is 5.86. The van der Waals surface area contributed by atoms with Crippen LogP contribution in [0, 0.1) is 11.6 Å². The van der Waals surface area contributed by atoms with Gasteiger partial charge in [0.25, 0.3) is 0 Å². The van der Waals surface area contributed by atoms with Crippen molar-refractivity contribution < 1.29 is 18.7 Å². The quantitative estimate of drug-likeness (QED) is 0.859. The second kappa shape index (κ2) is 6.31. The van der Waals surface area contributed by atoms with Crippen LogP contribution in [0.15, 0.2) is 60.2 Å². The van der Waals surface area contributed by atoms with Crippen LogP contribution in [0.2, 0.25) is 0 Å². The van der Waals surface area contributed by atoms with Gasteiger partial charge in [0.15, 0.2) is 0 Å². The summed E-state index contributed by atoms with van der Waals surface area (Å²) in [6.45, 7) is 1.45. The molecule has 0 unspecified atom stereocenters. The van der Waals surface area contributed by atoms with Crippen molar-refractivity contribution >= 4 is 5.97 Å². The molecule has 2 aromatic rings. The molecule has 2 aromatic carbocycles. The standard InChI is InChI=1S/C17H14F2O2/c1-11(17(20)21)8-16(12-4-2-6-14(18)9-12)13-5-3-7-15(19)10-13/h2-10,16H,1H3,(H,20,21)/b11-8+. The van der Waals surface area contributed by atoms with Crippen LogP contribution in [-0.2, 0) is 4.79 Å². The average Bonchev–Trinajstić information content (AvgIpc) is 2.44. The lowest BCUT2D eigenvalue weighted by Gasteiger charge is -2.15. The highest BCUT2D eigenvalue weighted by Crippen LogP contribution is 2.28. The van der Waals surface area contributed by atoms with Gasteiger partial charge in [-0.15, -0.1) is 0 Å². The summed E-state index contributed by atoms with van der Waals surface area (Å²) in [6, 6.07) is 11.7. The Morgan fingerprint density at radius 2 is 1.52 bits per heavy atom. The number of carbonyl (C=O) groups is 1. The molecule has 0 aliphatic rings. The van der Waals surface area contributed by atoms with E-state index >= 15 is 0 Å². The first-order valence-corrected chi connectivity index (χ1v) is 6.40. The van der Waals surface area contributed by atoms with Gasteiger partial charge in [0.05, 0.1) is 0 Å². The summed E-state index contributed by atoms with van der Waals surface area (Å²) in [7, 11) is 0. The number of carboxylic acid groups (broad SMARTS) is 1. The molecule has 0 aliphatic heterocycles. The zero-order valence-corrected chi connectivity index (χ0v) is 11.4. The second-order valence-corrected chi connectivity index (χ2v) is 4.74. The first-order valence-electron chi connectivity index (χ1n) is 6.40. The minimum absolute atomic E-state index is 0.119. The van der Waals surface area contributed by atoms with Gasteiger partial charge in [-0.2, -0.15) is 0 Å². The normalized spacial score (nSPS) is 11.7. The lowest BCUT2D eigenvalue weighted by atomic mass is 9.89. The molecule has 0 bridgehead atoms. The first kappa shape index (κ1) is 14.9. The Balaban J connectivity index is 2.54. The zero-order chi connectivity index (χ0) is 15.4. The molecule has 1 N–H and O–H groups in total. The van der Waals surface area contributed by atoms with Crippen molar-refractivity contribution in [1.29, 1.82) is 0 Å². The summed E-state index contributed by atoms with van der Waals surface area (Å²) < 4.78 is 26.8. The van der Waals surface area contributed by atoms with Gasteiger partial charge in [0, 0.05) is 11.5 Å².